The van der Waals surface area contributed by atoms with E-state index in [-0.39, 0.29) is 27.8 Å². The van der Waals surface area contributed by atoms with Crippen LogP contribution in [0.5, 0.6) is 0 Å². The van der Waals surface area contributed by atoms with Crippen LogP contribution in [0, 0.1) is 17.0 Å². The first-order valence-electron chi connectivity index (χ1n) is 8.53. The van der Waals surface area contributed by atoms with Crippen molar-refractivity contribution in [1.29, 1.82) is 0 Å². The Hall–Kier alpha value is -3.37. The van der Waals surface area contributed by atoms with Crippen molar-refractivity contribution in [3.05, 3.63) is 86.7 Å². The van der Waals surface area contributed by atoms with E-state index in [0.717, 1.165) is 11.8 Å². The molecule has 1 aromatic heterocycles. The van der Waals surface area contributed by atoms with Crippen LogP contribution >= 0.6 is 11.6 Å². The molecule has 3 rings (SSSR count). The van der Waals surface area contributed by atoms with Crippen molar-refractivity contribution in [2.24, 2.45) is 0 Å². The zero-order valence-electron chi connectivity index (χ0n) is 15.6. The Balaban J connectivity index is 1.86. The SMILES string of the molecule is Cc1ccccc1CS(=O)(=O)c1ncc(Cl)c(C(=O)Nc2ccc([N+](=O)[O-])cc2)n1. The Morgan fingerprint density at radius 3 is 2.47 bits per heavy atom. The second kappa shape index (κ2) is 8.56. The number of carbonyl (C=O) groups excluding carboxylic acids is 1. The Labute approximate surface area is 176 Å². The van der Waals surface area contributed by atoms with Gasteiger partial charge in [-0.05, 0) is 30.2 Å². The highest BCUT2D eigenvalue weighted by Gasteiger charge is 2.23. The van der Waals surface area contributed by atoms with Gasteiger partial charge in [0.15, 0.2) is 5.69 Å². The molecule has 0 bridgehead atoms. The monoisotopic (exact) mass is 446 g/mol. The van der Waals surface area contributed by atoms with Crippen LogP contribution < -0.4 is 5.32 Å². The number of nitrogens with one attached hydrogen (secondary N) is 1. The summed E-state index contributed by atoms with van der Waals surface area (Å²) in [5.41, 5.74) is 1.18. The maximum atomic E-state index is 12.7. The van der Waals surface area contributed by atoms with Gasteiger partial charge in [-0.2, -0.15) is 0 Å². The average molecular weight is 447 g/mol. The maximum Gasteiger partial charge on any atom is 0.275 e. The number of amides is 1. The van der Waals surface area contributed by atoms with Crippen LogP contribution in [0.15, 0.2) is 59.9 Å². The minimum atomic E-state index is -3.93. The third kappa shape index (κ3) is 4.78. The number of nitrogens with zero attached hydrogens (tertiary/aromatic N) is 3. The van der Waals surface area contributed by atoms with Gasteiger partial charge in [-0.3, -0.25) is 14.9 Å². The number of aromatic nitrogens is 2. The summed E-state index contributed by atoms with van der Waals surface area (Å²) < 4.78 is 25.5. The van der Waals surface area contributed by atoms with Crippen molar-refractivity contribution in [3.63, 3.8) is 0 Å². The number of aryl methyl sites for hydroxylation is 1. The van der Waals surface area contributed by atoms with Crippen molar-refractivity contribution in [2.45, 2.75) is 17.8 Å². The molecule has 1 heterocycles. The smallest absolute Gasteiger partial charge is 0.275 e. The Bertz CT molecular complexity index is 1230. The first-order chi connectivity index (χ1) is 14.2. The number of sulfone groups is 1. The first kappa shape index (κ1) is 21.3. The van der Waals surface area contributed by atoms with Gasteiger partial charge in [0.1, 0.15) is 0 Å². The van der Waals surface area contributed by atoms with Crippen LogP contribution in [-0.4, -0.2) is 29.2 Å². The fourth-order valence-corrected chi connectivity index (χ4v) is 4.04. The lowest BCUT2D eigenvalue weighted by molar-refractivity contribution is -0.384. The summed E-state index contributed by atoms with van der Waals surface area (Å²) in [5, 5.41) is 12.5. The van der Waals surface area contributed by atoms with E-state index < -0.39 is 25.8 Å². The summed E-state index contributed by atoms with van der Waals surface area (Å²) in [6.07, 6.45) is 1.05. The molecule has 0 atom stereocenters. The molecule has 3 aromatic rings. The van der Waals surface area contributed by atoms with Gasteiger partial charge < -0.3 is 5.32 Å². The number of anilines is 1. The molecule has 0 saturated carbocycles. The number of non-ortho nitro benzene ring substituents is 1. The van der Waals surface area contributed by atoms with Gasteiger partial charge in [-0.15, -0.1) is 0 Å². The largest absolute Gasteiger partial charge is 0.321 e. The average Bonchev–Trinajstić information content (AvgIpc) is 2.70. The molecule has 1 N–H and O–H groups in total. The summed E-state index contributed by atoms with van der Waals surface area (Å²) >= 11 is 5.99. The fourth-order valence-electron chi connectivity index (χ4n) is 2.56. The molecule has 0 aliphatic carbocycles. The summed E-state index contributed by atoms with van der Waals surface area (Å²) in [6, 6.07) is 12.1. The van der Waals surface area contributed by atoms with Crippen LogP contribution in [0.4, 0.5) is 11.4 Å². The predicted octanol–water partition coefficient (Wildman–Crippen LogP) is 3.57. The fraction of sp³-hybridized carbons (Fsp3) is 0.105. The topological polar surface area (TPSA) is 132 Å². The zero-order valence-corrected chi connectivity index (χ0v) is 17.1. The van der Waals surface area contributed by atoms with E-state index in [1.165, 1.54) is 24.3 Å². The Kier molecular flexibility index (Phi) is 6.09. The molecule has 1 amide bonds. The highest BCUT2D eigenvalue weighted by atomic mass is 35.5. The lowest BCUT2D eigenvalue weighted by Gasteiger charge is -2.09. The molecule has 0 aliphatic heterocycles. The molecule has 0 aliphatic rings. The van der Waals surface area contributed by atoms with E-state index in [0.29, 0.717) is 5.56 Å². The summed E-state index contributed by atoms with van der Waals surface area (Å²) in [5.74, 6) is -1.10. The van der Waals surface area contributed by atoms with Gasteiger partial charge in [0.05, 0.1) is 21.9 Å². The number of carbonyl (C=O) groups is 1. The van der Waals surface area contributed by atoms with E-state index in [9.17, 15) is 23.3 Å². The highest BCUT2D eigenvalue weighted by Crippen LogP contribution is 2.21. The lowest BCUT2D eigenvalue weighted by atomic mass is 10.1. The van der Waals surface area contributed by atoms with E-state index >= 15 is 0 Å². The van der Waals surface area contributed by atoms with E-state index in [1.807, 2.05) is 0 Å². The molecule has 0 spiro atoms. The summed E-state index contributed by atoms with van der Waals surface area (Å²) in [4.78, 5) is 30.3. The number of nitro benzene ring substituents is 1. The number of rotatable bonds is 6. The first-order valence-corrected chi connectivity index (χ1v) is 10.6. The molecule has 154 valence electrons. The van der Waals surface area contributed by atoms with Gasteiger partial charge in [0, 0.05) is 17.8 Å². The van der Waals surface area contributed by atoms with Crippen LogP contribution in [0.1, 0.15) is 21.6 Å². The Morgan fingerprint density at radius 2 is 1.83 bits per heavy atom. The second-order valence-corrected chi connectivity index (χ2v) is 8.58. The zero-order chi connectivity index (χ0) is 21.9. The van der Waals surface area contributed by atoms with Crippen molar-refractivity contribution in [1.82, 2.24) is 9.97 Å². The van der Waals surface area contributed by atoms with Crippen molar-refractivity contribution < 1.29 is 18.1 Å². The number of halogens is 1. The van der Waals surface area contributed by atoms with Crippen LogP contribution in [-0.2, 0) is 15.6 Å². The van der Waals surface area contributed by atoms with Gasteiger partial charge in [0.2, 0.25) is 15.0 Å². The van der Waals surface area contributed by atoms with Gasteiger partial charge in [0.25, 0.3) is 11.6 Å². The normalized spacial score (nSPS) is 11.1. The molecule has 0 fully saturated rings. The molecule has 2 aromatic carbocycles. The second-order valence-electron chi connectivity index (χ2n) is 6.29. The van der Waals surface area contributed by atoms with Gasteiger partial charge in [-0.25, -0.2) is 18.4 Å². The van der Waals surface area contributed by atoms with Gasteiger partial charge in [-0.1, -0.05) is 35.9 Å². The van der Waals surface area contributed by atoms with E-state index in [1.54, 1.807) is 31.2 Å². The molecule has 0 saturated heterocycles. The number of benzene rings is 2. The molecular weight excluding hydrogens is 432 g/mol. The van der Waals surface area contributed by atoms with Crippen LogP contribution in [0.2, 0.25) is 5.02 Å². The molecule has 30 heavy (non-hydrogen) atoms. The Morgan fingerprint density at radius 1 is 1.17 bits per heavy atom. The highest BCUT2D eigenvalue weighted by molar-refractivity contribution is 7.90. The standard InChI is InChI=1S/C19H15ClN4O5S/c1-12-4-2-3-5-13(12)11-30(28,29)19-21-10-16(20)17(23-19)18(25)22-14-6-8-15(9-7-14)24(26)27/h2-10H,11H2,1H3,(H,22,25). The van der Waals surface area contributed by atoms with Crippen molar-refractivity contribution in [2.75, 3.05) is 5.32 Å². The number of hydrogen-bond acceptors (Lipinski definition) is 7. The summed E-state index contributed by atoms with van der Waals surface area (Å²) in [6.45, 7) is 1.79. The molecule has 11 heteroatoms. The van der Waals surface area contributed by atoms with Crippen molar-refractivity contribution >= 4 is 38.7 Å². The van der Waals surface area contributed by atoms with E-state index in [4.69, 9.17) is 11.6 Å². The third-order valence-corrected chi connectivity index (χ3v) is 5.88. The third-order valence-electron chi connectivity index (χ3n) is 4.16. The van der Waals surface area contributed by atoms with Gasteiger partial charge >= 0.3 is 0 Å². The van der Waals surface area contributed by atoms with Crippen molar-refractivity contribution in [3.8, 4) is 0 Å². The van der Waals surface area contributed by atoms with E-state index in [2.05, 4.69) is 15.3 Å². The number of nitro groups is 1. The molecule has 0 unspecified atom stereocenters. The van der Waals surface area contributed by atoms with Crippen LogP contribution in [0.25, 0.3) is 0 Å². The molecular formula is C19H15ClN4O5S. The minimum absolute atomic E-state index is 0.135. The number of hydrogen-bond donors (Lipinski definition) is 1. The summed E-state index contributed by atoms with van der Waals surface area (Å²) in [7, 11) is -3.93. The molecule has 9 nitrogen and oxygen atoms in total. The predicted molar refractivity (Wildman–Crippen MR) is 110 cm³/mol. The van der Waals surface area contributed by atoms with Crippen LogP contribution in [0.3, 0.4) is 0 Å². The molecule has 0 radical (unpaired) electrons. The quantitative estimate of drug-likeness (QED) is 0.347. The minimum Gasteiger partial charge on any atom is -0.321 e. The lowest BCUT2D eigenvalue weighted by Crippen LogP contribution is -2.18. The maximum absolute atomic E-state index is 12.7.